The number of phenolic OH excluding ortho intramolecular Hbond substituents is 1. The molecule has 0 aliphatic carbocycles. The number of nitrogen functional groups attached to an aromatic ring is 1. The van der Waals surface area contributed by atoms with E-state index in [9.17, 15) is 40.6 Å². The van der Waals surface area contributed by atoms with Crippen LogP contribution in [0.5, 0.6) is 5.75 Å². The van der Waals surface area contributed by atoms with Crippen LogP contribution in [0.15, 0.2) is 139 Å². The molecule has 19 heteroatoms. The van der Waals surface area contributed by atoms with Gasteiger partial charge in [0.1, 0.15) is 10.6 Å². The van der Waals surface area contributed by atoms with Crippen LogP contribution in [0.4, 0.5) is 39.8 Å². The summed E-state index contributed by atoms with van der Waals surface area (Å²) < 4.78 is 66.8. The number of nitrogens with one attached hydrogen (secondary N) is 2. The van der Waals surface area contributed by atoms with Gasteiger partial charge >= 0.3 is 29.6 Å². The standard InChI is InChI=1S/C38H31N7O9S2.Na/c1-21-17-28(41-38(48)24-5-9-27(10-6-24)40-37(47)23-3-7-26(39)8-4-23)12-15-32(21)43-42-29-11-14-31-25(19-29)20-34(56(52,53)54)35(36(31)46)45-44-33-16-13-30(18-22(33)2)55(49,50)51;/h3-20,46H,39H2,1-2H3,(H,40,47)(H,41,48)(H,49,50,51)(H,52,53,54);/q;+1. The first-order valence-electron chi connectivity index (χ1n) is 16.3. The molecule has 6 aromatic carbocycles. The molecule has 16 nitrogen and oxygen atoms in total. The van der Waals surface area contributed by atoms with Crippen molar-refractivity contribution in [3.63, 3.8) is 0 Å². The number of hydrogen-bond donors (Lipinski definition) is 6. The second kappa shape index (κ2) is 17.1. The number of anilines is 3. The summed E-state index contributed by atoms with van der Waals surface area (Å²) in [5.41, 5.74) is 9.20. The van der Waals surface area contributed by atoms with Gasteiger partial charge in [-0.15, -0.1) is 5.11 Å². The van der Waals surface area contributed by atoms with Gasteiger partial charge in [-0.25, -0.2) is 0 Å². The van der Waals surface area contributed by atoms with E-state index in [1.807, 2.05) is 0 Å². The van der Waals surface area contributed by atoms with Gasteiger partial charge in [-0.1, -0.05) is 0 Å². The largest absolute Gasteiger partial charge is 1.00 e. The number of nitrogens with zero attached hydrogens (tertiary/aromatic N) is 4. The zero-order valence-corrected chi connectivity index (χ0v) is 34.0. The first kappa shape index (κ1) is 42.3. The predicted octanol–water partition coefficient (Wildman–Crippen LogP) is 5.58. The summed E-state index contributed by atoms with van der Waals surface area (Å²) in [5.74, 6) is -1.31. The van der Waals surface area contributed by atoms with Crippen LogP contribution in [0.1, 0.15) is 31.8 Å². The number of hydrogen-bond acceptors (Lipinski definition) is 12. The molecule has 0 spiro atoms. The number of aryl methyl sites for hydroxylation is 2. The molecule has 284 valence electrons. The van der Waals surface area contributed by atoms with E-state index in [4.69, 9.17) is 5.73 Å². The Morgan fingerprint density at radius 1 is 0.614 bits per heavy atom. The van der Waals surface area contributed by atoms with Crippen LogP contribution in [0.2, 0.25) is 0 Å². The molecule has 6 aromatic rings. The number of nitrogens with two attached hydrogens (primary N) is 1. The molecule has 0 aromatic heterocycles. The van der Waals surface area contributed by atoms with E-state index in [-0.39, 0.29) is 74.0 Å². The smallest absolute Gasteiger partial charge is 0.505 e. The molecule has 0 heterocycles. The van der Waals surface area contributed by atoms with Gasteiger partial charge < -0.3 is 21.5 Å². The molecule has 0 saturated heterocycles. The van der Waals surface area contributed by atoms with E-state index in [0.29, 0.717) is 39.4 Å². The maximum absolute atomic E-state index is 12.9. The molecular weight excluding hydrogens is 786 g/mol. The summed E-state index contributed by atoms with van der Waals surface area (Å²) >= 11 is 0. The first-order valence-corrected chi connectivity index (χ1v) is 19.2. The molecule has 0 unspecified atom stereocenters. The fraction of sp³-hybridized carbons (Fsp3) is 0.0526. The predicted molar refractivity (Wildman–Crippen MR) is 209 cm³/mol. The van der Waals surface area contributed by atoms with Gasteiger partial charge in [0.25, 0.3) is 32.1 Å². The van der Waals surface area contributed by atoms with Crippen molar-refractivity contribution in [3.8, 4) is 5.75 Å². The van der Waals surface area contributed by atoms with Crippen molar-refractivity contribution >= 4 is 82.6 Å². The van der Waals surface area contributed by atoms with Crippen LogP contribution in [0, 0.1) is 13.8 Å². The van der Waals surface area contributed by atoms with Crippen LogP contribution in [-0.2, 0) is 20.2 Å². The Bertz CT molecular complexity index is 2830. The average Bonchev–Trinajstić information content (AvgIpc) is 3.14. The summed E-state index contributed by atoms with van der Waals surface area (Å²) in [6.07, 6.45) is 0. The second-order valence-corrected chi connectivity index (χ2v) is 15.2. The van der Waals surface area contributed by atoms with Gasteiger partial charge in [-0.05, 0) is 140 Å². The Hall–Kier alpha value is -5.86. The van der Waals surface area contributed by atoms with Crippen LogP contribution in [0.3, 0.4) is 0 Å². The van der Waals surface area contributed by atoms with Crippen molar-refractivity contribution in [1.82, 2.24) is 0 Å². The van der Waals surface area contributed by atoms with Crippen LogP contribution >= 0.6 is 0 Å². The zero-order valence-electron chi connectivity index (χ0n) is 30.4. The van der Waals surface area contributed by atoms with E-state index in [1.165, 1.54) is 31.2 Å². The van der Waals surface area contributed by atoms with E-state index < -0.39 is 36.6 Å². The Labute approximate surface area is 348 Å². The van der Waals surface area contributed by atoms with E-state index >= 15 is 0 Å². The number of amides is 2. The summed E-state index contributed by atoms with van der Waals surface area (Å²) in [4.78, 5) is 24.3. The number of carbonyl (C=O) groups is 2. The SMILES string of the molecule is Cc1cc(NC(=O)c2ccc(NC(=O)c3ccc(N)cc3)cc2)ccc1N=Nc1ccc2c(O)c(N=Nc3ccc(S(=O)(=O)O)cc3C)c(S(=O)(=O)O)cc2c1.[Na+]. The molecule has 0 bridgehead atoms. The summed E-state index contributed by atoms with van der Waals surface area (Å²) in [7, 11) is -9.42. The van der Waals surface area contributed by atoms with Gasteiger partial charge in [-0.2, -0.15) is 32.2 Å². The molecular formula is C38H31N7NaO9S2+. The molecule has 0 aliphatic rings. The van der Waals surface area contributed by atoms with Crippen LogP contribution in [-0.4, -0.2) is 42.9 Å². The Morgan fingerprint density at radius 2 is 1.16 bits per heavy atom. The Morgan fingerprint density at radius 3 is 1.74 bits per heavy atom. The third kappa shape index (κ3) is 10.1. The number of phenols is 1. The van der Waals surface area contributed by atoms with Crippen LogP contribution < -0.4 is 45.9 Å². The van der Waals surface area contributed by atoms with Crippen molar-refractivity contribution < 1.29 is 70.2 Å². The maximum atomic E-state index is 12.9. The second-order valence-electron chi connectivity index (χ2n) is 12.4. The monoisotopic (exact) mass is 816 g/mol. The normalized spacial score (nSPS) is 11.8. The Balaban J connectivity index is 0.00000620. The number of rotatable bonds is 10. The third-order valence-corrected chi connectivity index (χ3v) is 10.1. The molecule has 6 rings (SSSR count). The van der Waals surface area contributed by atoms with E-state index in [0.717, 1.165) is 18.2 Å². The molecule has 0 atom stereocenters. The third-order valence-electron chi connectivity index (χ3n) is 8.34. The fourth-order valence-corrected chi connectivity index (χ4v) is 6.63. The number of fused-ring (bicyclic) bond motifs is 1. The van der Waals surface area contributed by atoms with Gasteiger partial charge in [0, 0.05) is 33.6 Å². The number of carbonyl (C=O) groups excluding carboxylic acids is 2. The maximum Gasteiger partial charge on any atom is 1.00 e. The minimum atomic E-state index is -4.94. The number of benzene rings is 6. The molecule has 0 radical (unpaired) electrons. The molecule has 0 aliphatic heterocycles. The average molecular weight is 817 g/mol. The summed E-state index contributed by atoms with van der Waals surface area (Å²) in [5, 5.41) is 33.2. The minimum Gasteiger partial charge on any atom is -0.505 e. The van der Waals surface area contributed by atoms with Crippen molar-refractivity contribution in [3.05, 3.63) is 131 Å². The van der Waals surface area contributed by atoms with Crippen molar-refractivity contribution in [1.29, 1.82) is 0 Å². The van der Waals surface area contributed by atoms with Gasteiger partial charge in [0.15, 0.2) is 5.75 Å². The molecule has 57 heavy (non-hydrogen) atoms. The van der Waals surface area contributed by atoms with E-state index in [2.05, 4.69) is 31.1 Å². The first-order chi connectivity index (χ1) is 26.5. The van der Waals surface area contributed by atoms with Crippen molar-refractivity contribution in [2.75, 3.05) is 16.4 Å². The number of aromatic hydroxyl groups is 1. The molecule has 0 fully saturated rings. The molecule has 0 saturated carbocycles. The molecule has 2 amide bonds. The topological polar surface area (TPSA) is 263 Å². The summed E-state index contributed by atoms with van der Waals surface area (Å²) in [6, 6.07) is 26.7. The fourth-order valence-electron chi connectivity index (χ4n) is 5.40. The van der Waals surface area contributed by atoms with Gasteiger partial charge in [-0.3, -0.25) is 18.7 Å². The summed E-state index contributed by atoms with van der Waals surface area (Å²) in [6.45, 7) is 3.24. The quantitative estimate of drug-likeness (QED) is 0.0433. The van der Waals surface area contributed by atoms with Crippen molar-refractivity contribution in [2.24, 2.45) is 20.5 Å². The van der Waals surface area contributed by atoms with Crippen LogP contribution in [0.25, 0.3) is 10.8 Å². The molecule has 7 N–H and O–H groups in total. The Kier molecular flexibility index (Phi) is 12.7. The zero-order chi connectivity index (χ0) is 40.4. The minimum absolute atomic E-state index is 0. The van der Waals surface area contributed by atoms with Crippen molar-refractivity contribution in [2.45, 2.75) is 23.6 Å². The number of azo groups is 2. The van der Waals surface area contributed by atoms with Gasteiger partial charge in [0.2, 0.25) is 0 Å². The van der Waals surface area contributed by atoms with E-state index in [1.54, 1.807) is 73.7 Å². The van der Waals surface area contributed by atoms with Gasteiger partial charge in [0.05, 0.1) is 22.0 Å².